The van der Waals surface area contributed by atoms with Gasteiger partial charge < -0.3 is 10.2 Å². The number of imide groups is 1. The third kappa shape index (κ3) is 2.70. The van der Waals surface area contributed by atoms with Crippen molar-refractivity contribution >= 4 is 23.3 Å². The predicted molar refractivity (Wildman–Crippen MR) is 108 cm³/mol. The Bertz CT molecular complexity index is 908. The first-order valence-corrected chi connectivity index (χ1v) is 11.1. The van der Waals surface area contributed by atoms with Crippen molar-refractivity contribution in [2.75, 3.05) is 13.2 Å². The molecule has 2 N–H and O–H groups in total. The number of nitrogens with one attached hydrogen (secondary N) is 2. The van der Waals surface area contributed by atoms with Crippen molar-refractivity contribution in [1.82, 2.24) is 10.2 Å². The van der Waals surface area contributed by atoms with Gasteiger partial charge in [0.05, 0.1) is 6.54 Å². The van der Waals surface area contributed by atoms with Gasteiger partial charge in [-0.3, -0.25) is 4.79 Å². The van der Waals surface area contributed by atoms with Crippen LogP contribution in [-0.2, 0) is 16.8 Å². The summed E-state index contributed by atoms with van der Waals surface area (Å²) in [6.45, 7) is 3.40. The van der Waals surface area contributed by atoms with Gasteiger partial charge in [0.25, 0.3) is 5.91 Å². The molecule has 0 bridgehead atoms. The van der Waals surface area contributed by atoms with Crippen LogP contribution < -0.4 is 10.2 Å². The van der Waals surface area contributed by atoms with Gasteiger partial charge >= 0.3 is 6.03 Å². The van der Waals surface area contributed by atoms with Gasteiger partial charge in [-0.05, 0) is 36.3 Å². The minimum atomic E-state index is -0.934. The topological polar surface area (TPSA) is 53.9 Å². The van der Waals surface area contributed by atoms with Crippen molar-refractivity contribution in [3.8, 4) is 0 Å². The Balaban J connectivity index is 1.43. The van der Waals surface area contributed by atoms with Crippen LogP contribution >= 0.6 is 11.3 Å². The number of fused-ring (bicyclic) bond motifs is 1. The Labute approximate surface area is 169 Å². The molecule has 3 heterocycles. The third-order valence-corrected chi connectivity index (χ3v) is 7.65. The average Bonchev–Trinajstić information content (AvgIpc) is 3.39. The van der Waals surface area contributed by atoms with Gasteiger partial charge in [-0.15, -0.1) is 11.3 Å². The zero-order valence-corrected chi connectivity index (χ0v) is 16.9. The van der Waals surface area contributed by atoms with Crippen LogP contribution in [0.25, 0.3) is 0 Å². The maximum atomic E-state index is 13.5. The standard InChI is InChI=1S/C22H25N3O2S/c1-2-22(16-6-4-3-5-7-16)20(26)25(21(27)23-22)14-24-12-10-18-17(11-13-28-18)19(24)15-8-9-15/h3-7,11,13,15,19H,2,8-10,12,14H2,1H3,(H,23,27)/p+1/t19-,22+/m0/s1. The molecule has 0 radical (unpaired) electrons. The number of quaternary nitrogens is 1. The molecule has 1 unspecified atom stereocenters. The molecule has 1 saturated carbocycles. The Morgan fingerprint density at radius 3 is 2.71 bits per heavy atom. The van der Waals surface area contributed by atoms with Gasteiger partial charge in [-0.25, -0.2) is 9.69 Å². The molecule has 2 aliphatic heterocycles. The first-order chi connectivity index (χ1) is 13.6. The Hall–Kier alpha value is -2.18. The van der Waals surface area contributed by atoms with E-state index < -0.39 is 5.54 Å². The molecule has 6 heteroatoms. The van der Waals surface area contributed by atoms with Crippen LogP contribution in [-0.4, -0.2) is 30.1 Å². The summed E-state index contributed by atoms with van der Waals surface area (Å²) < 4.78 is 0. The van der Waals surface area contributed by atoms with E-state index in [9.17, 15) is 9.59 Å². The van der Waals surface area contributed by atoms with E-state index >= 15 is 0 Å². The van der Waals surface area contributed by atoms with E-state index in [-0.39, 0.29) is 11.9 Å². The lowest BCUT2D eigenvalue weighted by Crippen LogP contribution is -3.15. The number of hydrogen-bond acceptors (Lipinski definition) is 3. The zero-order chi connectivity index (χ0) is 19.3. The number of urea groups is 1. The highest BCUT2D eigenvalue weighted by Crippen LogP contribution is 2.42. The lowest BCUT2D eigenvalue weighted by molar-refractivity contribution is -0.943. The summed E-state index contributed by atoms with van der Waals surface area (Å²) in [5.41, 5.74) is 1.38. The van der Waals surface area contributed by atoms with Crippen molar-refractivity contribution in [1.29, 1.82) is 0 Å². The highest BCUT2D eigenvalue weighted by Gasteiger charge is 2.53. The van der Waals surface area contributed by atoms with Gasteiger partial charge in [0.15, 0.2) is 6.67 Å². The summed E-state index contributed by atoms with van der Waals surface area (Å²) in [6.07, 6.45) is 4.10. The van der Waals surface area contributed by atoms with E-state index in [1.807, 2.05) is 48.6 Å². The lowest BCUT2D eigenvalue weighted by Gasteiger charge is -2.35. The second-order valence-electron chi connectivity index (χ2n) is 8.22. The SMILES string of the molecule is CC[C@]1(c2ccccc2)NC(=O)N(C[NH+]2CCc3sccc3[C@@H]2C2CC2)C1=O. The first-order valence-electron chi connectivity index (χ1n) is 10.2. The number of thiophene rings is 1. The second-order valence-corrected chi connectivity index (χ2v) is 9.22. The fourth-order valence-electron chi connectivity index (χ4n) is 5.01. The molecule has 3 atom stereocenters. The molecule has 1 saturated heterocycles. The number of carbonyl (C=O) groups is 2. The molecule has 2 aromatic rings. The largest absolute Gasteiger partial charge is 0.329 e. The van der Waals surface area contributed by atoms with Crippen molar-refractivity contribution in [3.05, 3.63) is 57.8 Å². The zero-order valence-electron chi connectivity index (χ0n) is 16.1. The minimum absolute atomic E-state index is 0.107. The van der Waals surface area contributed by atoms with E-state index in [4.69, 9.17) is 0 Å². The van der Waals surface area contributed by atoms with Gasteiger partial charge in [0, 0.05) is 22.8 Å². The van der Waals surface area contributed by atoms with Gasteiger partial charge in [0.2, 0.25) is 0 Å². The summed E-state index contributed by atoms with van der Waals surface area (Å²) in [5.74, 6) is 0.582. The van der Waals surface area contributed by atoms with Gasteiger partial charge in [-0.1, -0.05) is 37.3 Å². The number of nitrogens with zero attached hydrogens (tertiary/aromatic N) is 1. The molecule has 3 amide bonds. The Kier molecular flexibility index (Phi) is 4.29. The van der Waals surface area contributed by atoms with Crippen molar-refractivity contribution in [2.24, 2.45) is 5.92 Å². The van der Waals surface area contributed by atoms with E-state index in [0.717, 1.165) is 18.5 Å². The fourth-order valence-corrected chi connectivity index (χ4v) is 5.94. The molecule has 1 aromatic heterocycles. The van der Waals surface area contributed by atoms with Crippen molar-refractivity contribution in [2.45, 2.75) is 44.2 Å². The summed E-state index contributed by atoms with van der Waals surface area (Å²) in [5, 5.41) is 5.21. The summed E-state index contributed by atoms with van der Waals surface area (Å²) in [6, 6.07) is 12.1. The van der Waals surface area contributed by atoms with Crippen molar-refractivity contribution < 1.29 is 14.5 Å². The molecule has 1 aromatic carbocycles. The smallest absolute Gasteiger partial charge is 0.319 e. The van der Waals surface area contributed by atoms with Crippen LogP contribution in [0.5, 0.6) is 0 Å². The van der Waals surface area contributed by atoms with E-state index in [2.05, 4.69) is 16.8 Å². The molecular formula is C22H26N3O2S+. The predicted octanol–water partition coefficient (Wildman–Crippen LogP) is 2.46. The molecule has 5 nitrogen and oxygen atoms in total. The molecule has 2 fully saturated rings. The van der Waals surface area contributed by atoms with Crippen LogP contribution in [0.15, 0.2) is 41.8 Å². The highest BCUT2D eigenvalue weighted by molar-refractivity contribution is 7.10. The lowest BCUT2D eigenvalue weighted by atomic mass is 9.87. The minimum Gasteiger partial charge on any atom is -0.319 e. The summed E-state index contributed by atoms with van der Waals surface area (Å²) >= 11 is 1.85. The molecule has 28 heavy (non-hydrogen) atoms. The molecule has 1 aliphatic carbocycles. The molecular weight excluding hydrogens is 370 g/mol. The molecule has 0 spiro atoms. The summed E-state index contributed by atoms with van der Waals surface area (Å²) in [4.78, 5) is 30.7. The molecule has 3 aliphatic rings. The number of hydrogen-bond donors (Lipinski definition) is 2. The van der Waals surface area contributed by atoms with Crippen molar-refractivity contribution in [3.63, 3.8) is 0 Å². The number of amides is 3. The normalized spacial score (nSPS) is 29.7. The van der Waals surface area contributed by atoms with Gasteiger partial charge in [0.1, 0.15) is 11.6 Å². The van der Waals surface area contributed by atoms with Crippen LogP contribution in [0.4, 0.5) is 4.79 Å². The molecule has 5 rings (SSSR count). The fraction of sp³-hybridized carbons (Fsp3) is 0.455. The van der Waals surface area contributed by atoms with Crippen LogP contribution in [0, 0.1) is 5.92 Å². The first kappa shape index (κ1) is 17.9. The second kappa shape index (κ2) is 6.71. The third-order valence-electron chi connectivity index (χ3n) is 6.66. The Morgan fingerprint density at radius 2 is 2.00 bits per heavy atom. The number of benzene rings is 1. The number of carbonyl (C=O) groups excluding carboxylic acids is 2. The van der Waals surface area contributed by atoms with Crippen LogP contribution in [0.1, 0.15) is 48.2 Å². The average molecular weight is 397 g/mol. The van der Waals surface area contributed by atoms with E-state index in [0.29, 0.717) is 25.0 Å². The quantitative estimate of drug-likeness (QED) is 0.763. The van der Waals surface area contributed by atoms with E-state index in [1.165, 1.54) is 33.1 Å². The maximum absolute atomic E-state index is 13.5. The van der Waals surface area contributed by atoms with Crippen LogP contribution in [0.3, 0.4) is 0 Å². The highest BCUT2D eigenvalue weighted by atomic mass is 32.1. The maximum Gasteiger partial charge on any atom is 0.329 e. The van der Waals surface area contributed by atoms with E-state index in [1.54, 1.807) is 0 Å². The summed E-state index contributed by atoms with van der Waals surface area (Å²) in [7, 11) is 0. The van der Waals surface area contributed by atoms with Gasteiger partial charge in [-0.2, -0.15) is 0 Å². The number of rotatable bonds is 5. The van der Waals surface area contributed by atoms with Crippen LogP contribution in [0.2, 0.25) is 0 Å². The Morgan fingerprint density at radius 1 is 1.21 bits per heavy atom. The molecule has 146 valence electrons. The monoisotopic (exact) mass is 396 g/mol.